The second kappa shape index (κ2) is 5.10. The highest BCUT2D eigenvalue weighted by atomic mass is 35.5. The number of rotatable bonds is 3. The van der Waals surface area contributed by atoms with Gasteiger partial charge in [-0.2, -0.15) is 0 Å². The molecule has 1 saturated heterocycles. The lowest BCUT2D eigenvalue weighted by atomic mass is 9.87. The molecule has 2 rings (SSSR count). The molecule has 1 atom stereocenters. The summed E-state index contributed by atoms with van der Waals surface area (Å²) in [5.74, 6) is 1.22. The molecule has 0 spiro atoms. The molecule has 0 amide bonds. The fourth-order valence-corrected chi connectivity index (χ4v) is 3.02. The van der Waals surface area contributed by atoms with Gasteiger partial charge in [-0.15, -0.1) is 0 Å². The fourth-order valence-electron chi connectivity index (χ4n) is 2.72. The third kappa shape index (κ3) is 2.36. The Balaban J connectivity index is 2.50. The van der Waals surface area contributed by atoms with Crippen molar-refractivity contribution in [2.45, 2.75) is 45.1 Å². The Morgan fingerprint density at radius 3 is 2.61 bits per heavy atom. The molecule has 0 radical (unpaired) electrons. The van der Waals surface area contributed by atoms with Crippen molar-refractivity contribution >= 4 is 11.6 Å². The molecule has 18 heavy (non-hydrogen) atoms. The number of benzene rings is 1. The van der Waals surface area contributed by atoms with Crippen LogP contribution in [0.5, 0.6) is 5.75 Å². The summed E-state index contributed by atoms with van der Waals surface area (Å²) < 4.78 is 5.44. The van der Waals surface area contributed by atoms with E-state index in [0.29, 0.717) is 10.9 Å². The zero-order chi connectivity index (χ0) is 13.3. The van der Waals surface area contributed by atoms with Crippen molar-refractivity contribution in [3.05, 3.63) is 28.3 Å². The van der Waals surface area contributed by atoms with E-state index < -0.39 is 0 Å². The monoisotopic (exact) mass is 267 g/mol. The van der Waals surface area contributed by atoms with E-state index >= 15 is 0 Å². The second-order valence-corrected chi connectivity index (χ2v) is 6.00. The Labute approximate surface area is 115 Å². The van der Waals surface area contributed by atoms with Crippen LogP contribution in [0.25, 0.3) is 0 Å². The van der Waals surface area contributed by atoms with Crippen molar-refractivity contribution in [3.63, 3.8) is 0 Å². The van der Waals surface area contributed by atoms with Crippen LogP contribution in [0.2, 0.25) is 5.02 Å². The number of hydrogen-bond acceptors (Lipinski definition) is 2. The van der Waals surface area contributed by atoms with Crippen LogP contribution < -0.4 is 10.1 Å². The molecule has 1 aliphatic heterocycles. The van der Waals surface area contributed by atoms with Crippen LogP contribution >= 0.6 is 11.6 Å². The molecule has 1 aromatic carbocycles. The Hall–Kier alpha value is -0.730. The fraction of sp³-hybridized carbons (Fsp3) is 0.600. The summed E-state index contributed by atoms with van der Waals surface area (Å²) in [4.78, 5) is 0. The van der Waals surface area contributed by atoms with Crippen molar-refractivity contribution in [1.29, 1.82) is 0 Å². The van der Waals surface area contributed by atoms with E-state index in [9.17, 15) is 0 Å². The van der Waals surface area contributed by atoms with E-state index in [1.165, 1.54) is 17.5 Å². The Morgan fingerprint density at radius 1 is 1.39 bits per heavy atom. The molecule has 0 aromatic heterocycles. The highest BCUT2D eigenvalue weighted by Crippen LogP contribution is 2.39. The van der Waals surface area contributed by atoms with Gasteiger partial charge in [-0.25, -0.2) is 0 Å². The molecule has 1 aromatic rings. The van der Waals surface area contributed by atoms with Gasteiger partial charge in [0.1, 0.15) is 5.75 Å². The van der Waals surface area contributed by atoms with Gasteiger partial charge < -0.3 is 10.1 Å². The van der Waals surface area contributed by atoms with Crippen molar-refractivity contribution in [3.8, 4) is 5.75 Å². The predicted molar refractivity (Wildman–Crippen MR) is 76.7 cm³/mol. The Kier molecular flexibility index (Phi) is 3.88. The maximum absolute atomic E-state index is 6.37. The minimum atomic E-state index is 0.0551. The highest BCUT2D eigenvalue weighted by molar-refractivity contribution is 6.32. The van der Waals surface area contributed by atoms with Crippen molar-refractivity contribution < 1.29 is 4.74 Å². The summed E-state index contributed by atoms with van der Waals surface area (Å²) in [6, 6.07) is 4.29. The molecule has 1 fully saturated rings. The van der Waals surface area contributed by atoms with Gasteiger partial charge in [0.25, 0.3) is 0 Å². The number of ether oxygens (including phenoxy) is 1. The SMILES string of the molecule is COc1c(Cl)cc(C2(C)CCCN2)cc1C(C)C. The maximum Gasteiger partial charge on any atom is 0.140 e. The Bertz CT molecular complexity index is 436. The minimum Gasteiger partial charge on any atom is -0.495 e. The molecule has 0 aliphatic carbocycles. The van der Waals surface area contributed by atoms with Crippen LogP contribution in [-0.2, 0) is 5.54 Å². The van der Waals surface area contributed by atoms with Crippen molar-refractivity contribution in [1.82, 2.24) is 5.32 Å². The normalized spacial score (nSPS) is 23.7. The van der Waals surface area contributed by atoms with Crippen LogP contribution in [0.1, 0.15) is 50.7 Å². The smallest absolute Gasteiger partial charge is 0.140 e. The van der Waals surface area contributed by atoms with Gasteiger partial charge in [0.05, 0.1) is 12.1 Å². The molecule has 0 saturated carbocycles. The zero-order valence-corrected chi connectivity index (χ0v) is 12.4. The quantitative estimate of drug-likeness (QED) is 0.891. The Morgan fingerprint density at radius 2 is 2.11 bits per heavy atom. The highest BCUT2D eigenvalue weighted by Gasteiger charge is 2.31. The van der Waals surface area contributed by atoms with E-state index in [0.717, 1.165) is 18.7 Å². The van der Waals surface area contributed by atoms with Gasteiger partial charge in [-0.1, -0.05) is 25.4 Å². The van der Waals surface area contributed by atoms with Crippen molar-refractivity contribution in [2.75, 3.05) is 13.7 Å². The average Bonchev–Trinajstić information content (AvgIpc) is 2.76. The van der Waals surface area contributed by atoms with Gasteiger partial charge in [-0.05, 0) is 55.5 Å². The van der Waals surface area contributed by atoms with Crippen LogP contribution in [0, 0.1) is 0 Å². The molecule has 1 heterocycles. The lowest BCUT2D eigenvalue weighted by Crippen LogP contribution is -2.33. The second-order valence-electron chi connectivity index (χ2n) is 5.60. The summed E-state index contributed by atoms with van der Waals surface area (Å²) in [5.41, 5.74) is 2.52. The summed E-state index contributed by atoms with van der Waals surface area (Å²) in [5, 5.41) is 4.30. The molecule has 0 bridgehead atoms. The molecule has 1 unspecified atom stereocenters. The summed E-state index contributed by atoms with van der Waals surface area (Å²) in [6.07, 6.45) is 2.38. The third-order valence-corrected chi connectivity index (χ3v) is 4.19. The topological polar surface area (TPSA) is 21.3 Å². The standard InChI is InChI=1S/C15H22ClNO/c1-10(2)12-8-11(9-13(16)14(12)18-4)15(3)6-5-7-17-15/h8-10,17H,5-7H2,1-4H3. The van der Waals surface area contributed by atoms with Crippen LogP contribution in [0.3, 0.4) is 0 Å². The van der Waals surface area contributed by atoms with E-state index in [1.54, 1.807) is 7.11 Å². The van der Waals surface area contributed by atoms with Crippen LogP contribution in [0.4, 0.5) is 0 Å². The summed E-state index contributed by atoms with van der Waals surface area (Å²) >= 11 is 6.37. The largest absolute Gasteiger partial charge is 0.495 e. The number of nitrogens with one attached hydrogen (secondary N) is 1. The van der Waals surface area contributed by atoms with E-state index in [-0.39, 0.29) is 5.54 Å². The molecule has 100 valence electrons. The lowest BCUT2D eigenvalue weighted by molar-refractivity contribution is 0.403. The number of hydrogen-bond donors (Lipinski definition) is 1. The molecule has 1 N–H and O–H groups in total. The average molecular weight is 268 g/mol. The number of methoxy groups -OCH3 is 1. The first kappa shape index (κ1) is 13.7. The first-order chi connectivity index (χ1) is 8.48. The molecular formula is C15H22ClNO. The number of halogens is 1. The first-order valence-corrected chi connectivity index (χ1v) is 6.98. The zero-order valence-electron chi connectivity index (χ0n) is 11.6. The predicted octanol–water partition coefficient (Wildman–Crippen LogP) is 4.07. The molecule has 2 nitrogen and oxygen atoms in total. The summed E-state index contributed by atoms with van der Waals surface area (Å²) in [7, 11) is 1.68. The molecule has 3 heteroatoms. The van der Waals surface area contributed by atoms with E-state index in [1.807, 2.05) is 6.07 Å². The van der Waals surface area contributed by atoms with Gasteiger partial charge in [0, 0.05) is 5.54 Å². The first-order valence-electron chi connectivity index (χ1n) is 6.61. The third-order valence-electron chi connectivity index (χ3n) is 3.90. The van der Waals surface area contributed by atoms with Gasteiger partial charge in [0.15, 0.2) is 0 Å². The van der Waals surface area contributed by atoms with E-state index in [4.69, 9.17) is 16.3 Å². The molecule has 1 aliphatic rings. The molecular weight excluding hydrogens is 246 g/mol. The van der Waals surface area contributed by atoms with Crippen LogP contribution in [0.15, 0.2) is 12.1 Å². The van der Waals surface area contributed by atoms with Gasteiger partial charge >= 0.3 is 0 Å². The minimum absolute atomic E-state index is 0.0551. The van der Waals surface area contributed by atoms with Gasteiger partial charge in [0.2, 0.25) is 0 Å². The summed E-state index contributed by atoms with van der Waals surface area (Å²) in [6.45, 7) is 7.67. The van der Waals surface area contributed by atoms with E-state index in [2.05, 4.69) is 32.2 Å². The van der Waals surface area contributed by atoms with Crippen molar-refractivity contribution in [2.24, 2.45) is 0 Å². The van der Waals surface area contributed by atoms with Crippen LogP contribution in [-0.4, -0.2) is 13.7 Å². The lowest BCUT2D eigenvalue weighted by Gasteiger charge is -2.27. The maximum atomic E-state index is 6.37. The van der Waals surface area contributed by atoms with Gasteiger partial charge in [-0.3, -0.25) is 0 Å².